The number of rotatable bonds is 5. The van der Waals surface area contributed by atoms with Crippen LogP contribution in [0.4, 0.5) is 0 Å². The number of hydrogen-bond acceptors (Lipinski definition) is 5. The predicted octanol–water partition coefficient (Wildman–Crippen LogP) is 4.65. The van der Waals surface area contributed by atoms with Crippen LogP contribution >= 0.6 is 0 Å². The maximum atomic E-state index is 12.2. The zero-order valence-corrected chi connectivity index (χ0v) is 20.9. The average molecular weight is 420 g/mol. The third kappa shape index (κ3) is 4.89. The molecule has 1 heterocycles. The molecule has 0 N–H and O–H groups in total. The van der Waals surface area contributed by atoms with Crippen LogP contribution in [-0.2, 0) is 18.8 Å². The Morgan fingerprint density at radius 3 is 2.03 bits per heavy atom. The van der Waals surface area contributed by atoms with Crippen molar-refractivity contribution in [3.05, 3.63) is 23.8 Å². The Balaban J connectivity index is 2.50. The molecule has 0 bridgehead atoms. The minimum absolute atomic E-state index is 0.0570. The Labute approximate surface area is 177 Å². The van der Waals surface area contributed by atoms with Crippen LogP contribution in [0.15, 0.2) is 18.2 Å². The van der Waals surface area contributed by atoms with Crippen LogP contribution in [0.5, 0.6) is 5.75 Å². The Hall–Kier alpha value is -1.31. The van der Waals surface area contributed by atoms with Crippen molar-refractivity contribution >= 4 is 26.9 Å². The lowest BCUT2D eigenvalue weighted by Gasteiger charge is -2.36. The zero-order valence-electron chi connectivity index (χ0n) is 19.9. The van der Waals surface area contributed by atoms with Gasteiger partial charge in [0.15, 0.2) is 0 Å². The van der Waals surface area contributed by atoms with Gasteiger partial charge in [-0.1, -0.05) is 26.8 Å². The van der Waals surface area contributed by atoms with E-state index in [1.165, 1.54) is 7.11 Å². The molecule has 1 atom stereocenters. The molecule has 29 heavy (non-hydrogen) atoms. The summed E-state index contributed by atoms with van der Waals surface area (Å²) < 4.78 is 24.0. The maximum Gasteiger partial charge on any atom is 0.494 e. The minimum atomic E-state index is -2.06. The molecule has 162 valence electrons. The highest BCUT2D eigenvalue weighted by Crippen LogP contribution is 2.39. The van der Waals surface area contributed by atoms with Crippen LogP contribution in [0.2, 0.25) is 18.1 Å². The first kappa shape index (κ1) is 24.0. The number of carbonyl (C=O) groups is 1. The van der Waals surface area contributed by atoms with E-state index in [1.807, 2.05) is 52.8 Å². The van der Waals surface area contributed by atoms with Crippen molar-refractivity contribution in [1.29, 1.82) is 0 Å². The molecule has 1 aliphatic heterocycles. The average Bonchev–Trinajstić information content (AvgIpc) is 2.79. The van der Waals surface area contributed by atoms with Gasteiger partial charge in [-0.25, -0.2) is 0 Å². The molecule has 1 aromatic rings. The van der Waals surface area contributed by atoms with Crippen molar-refractivity contribution in [2.75, 3.05) is 7.11 Å². The summed E-state index contributed by atoms with van der Waals surface area (Å²) in [5.74, 6) is 0.0491. The zero-order chi connectivity index (χ0) is 22.4. The van der Waals surface area contributed by atoms with Gasteiger partial charge in [-0.15, -0.1) is 0 Å². The summed E-state index contributed by atoms with van der Waals surface area (Å²) in [6, 6.07) is 5.88. The monoisotopic (exact) mass is 420 g/mol. The highest BCUT2D eigenvalue weighted by Gasteiger charge is 2.52. The number of hydrogen-bond donors (Lipinski definition) is 0. The molecular formula is C22H37BO5Si. The van der Waals surface area contributed by atoms with Gasteiger partial charge in [0.1, 0.15) is 5.75 Å². The Bertz CT molecular complexity index is 751. The summed E-state index contributed by atoms with van der Waals surface area (Å²) in [5.41, 5.74) is 0.799. The van der Waals surface area contributed by atoms with E-state index in [9.17, 15) is 4.79 Å². The number of methoxy groups -OCH3 is 1. The van der Waals surface area contributed by atoms with Gasteiger partial charge >= 0.3 is 13.1 Å². The number of carbonyl (C=O) groups excluding carboxylic acids is 1. The van der Waals surface area contributed by atoms with Crippen molar-refractivity contribution in [2.24, 2.45) is 0 Å². The van der Waals surface area contributed by atoms with Crippen molar-refractivity contribution in [3.8, 4) is 5.75 Å². The van der Waals surface area contributed by atoms with Crippen molar-refractivity contribution in [3.63, 3.8) is 0 Å². The van der Waals surface area contributed by atoms with Crippen LogP contribution < -0.4 is 9.89 Å². The van der Waals surface area contributed by atoms with Gasteiger partial charge in [-0.05, 0) is 75.9 Å². The Kier molecular flexibility index (Phi) is 6.40. The molecule has 0 amide bonds. The van der Waals surface area contributed by atoms with E-state index in [0.717, 1.165) is 16.8 Å². The first-order chi connectivity index (χ1) is 13.0. The fourth-order valence-electron chi connectivity index (χ4n) is 2.83. The molecule has 5 nitrogen and oxygen atoms in total. The summed E-state index contributed by atoms with van der Waals surface area (Å²) in [5, 5.41) is 0.0570. The van der Waals surface area contributed by atoms with E-state index in [0.29, 0.717) is 0 Å². The van der Waals surface area contributed by atoms with Gasteiger partial charge in [-0.2, -0.15) is 0 Å². The van der Waals surface area contributed by atoms with Crippen LogP contribution in [-0.4, -0.2) is 39.7 Å². The quantitative estimate of drug-likeness (QED) is 0.513. The fourth-order valence-corrected chi connectivity index (χ4v) is 3.84. The normalized spacial score (nSPS) is 19.8. The molecule has 0 radical (unpaired) electrons. The molecule has 0 saturated carbocycles. The largest absolute Gasteiger partial charge is 0.544 e. The van der Waals surface area contributed by atoms with E-state index in [1.54, 1.807) is 0 Å². The molecular weight excluding hydrogens is 383 g/mol. The molecule has 0 spiro atoms. The second kappa shape index (κ2) is 7.75. The highest BCUT2D eigenvalue weighted by molar-refractivity contribution is 6.74. The van der Waals surface area contributed by atoms with E-state index in [4.69, 9.17) is 18.5 Å². The van der Waals surface area contributed by atoms with E-state index in [2.05, 4.69) is 33.9 Å². The van der Waals surface area contributed by atoms with E-state index < -0.39 is 32.6 Å². The second-order valence-corrected chi connectivity index (χ2v) is 15.3. The van der Waals surface area contributed by atoms with Crippen molar-refractivity contribution in [1.82, 2.24) is 0 Å². The third-order valence-electron chi connectivity index (χ3n) is 6.71. The summed E-state index contributed by atoms with van der Waals surface area (Å²) in [4.78, 5) is 12.2. The van der Waals surface area contributed by atoms with Gasteiger partial charge in [0, 0.05) is 0 Å². The predicted molar refractivity (Wildman–Crippen MR) is 120 cm³/mol. The molecule has 1 fully saturated rings. The van der Waals surface area contributed by atoms with Gasteiger partial charge in [0.25, 0.3) is 0 Å². The van der Waals surface area contributed by atoms with Crippen LogP contribution in [0.25, 0.3) is 0 Å². The van der Waals surface area contributed by atoms with Crippen molar-refractivity contribution < 1.29 is 23.3 Å². The van der Waals surface area contributed by atoms with Crippen LogP contribution in [0.3, 0.4) is 0 Å². The van der Waals surface area contributed by atoms with Gasteiger partial charge in [0.05, 0.1) is 24.2 Å². The summed E-state index contributed by atoms with van der Waals surface area (Å²) in [6.07, 6.45) is 0. The molecule has 2 rings (SSSR count). The Morgan fingerprint density at radius 2 is 1.59 bits per heavy atom. The van der Waals surface area contributed by atoms with Crippen LogP contribution in [0, 0.1) is 0 Å². The molecule has 0 aliphatic carbocycles. The standard InChI is InChI=1S/C22H37BO5Si/c1-15(19(24)25-9)16-12-17(23-27-21(5,6)22(7,8)28-23)14-18(13-16)26-29(10,11)20(2,3)4/h12-15H,1-11H3. The summed E-state index contributed by atoms with van der Waals surface area (Å²) in [7, 11) is -1.17. The lowest BCUT2D eigenvalue weighted by atomic mass is 9.77. The Morgan fingerprint density at radius 1 is 1.07 bits per heavy atom. The van der Waals surface area contributed by atoms with Gasteiger partial charge < -0.3 is 18.5 Å². The highest BCUT2D eigenvalue weighted by atomic mass is 28.4. The molecule has 0 aromatic heterocycles. The molecule has 1 aromatic carbocycles. The molecule has 7 heteroatoms. The smallest absolute Gasteiger partial charge is 0.494 e. The lowest BCUT2D eigenvalue weighted by molar-refractivity contribution is -0.141. The molecule has 1 aliphatic rings. The van der Waals surface area contributed by atoms with E-state index >= 15 is 0 Å². The van der Waals surface area contributed by atoms with Crippen molar-refractivity contribution in [2.45, 2.75) is 90.6 Å². The molecule has 1 saturated heterocycles. The van der Waals surface area contributed by atoms with Gasteiger partial charge in [0.2, 0.25) is 8.32 Å². The van der Waals surface area contributed by atoms with Gasteiger partial charge in [-0.3, -0.25) is 4.79 Å². The fraction of sp³-hybridized carbons (Fsp3) is 0.682. The second-order valence-electron chi connectivity index (χ2n) is 10.5. The SMILES string of the molecule is COC(=O)C(C)c1cc(O[Si](C)(C)C(C)(C)C)cc(B2OC(C)(C)C(C)(C)O2)c1. The van der Waals surface area contributed by atoms with E-state index in [-0.39, 0.29) is 11.0 Å². The third-order valence-corrected chi connectivity index (χ3v) is 11.1. The lowest BCUT2D eigenvalue weighted by Crippen LogP contribution is -2.44. The summed E-state index contributed by atoms with van der Waals surface area (Å²) >= 11 is 0. The first-order valence-corrected chi connectivity index (χ1v) is 13.2. The first-order valence-electron chi connectivity index (χ1n) is 10.3. The molecule has 1 unspecified atom stereocenters. The number of esters is 1. The number of ether oxygens (including phenoxy) is 1. The van der Waals surface area contributed by atoms with Crippen LogP contribution in [0.1, 0.15) is 66.9 Å². The summed E-state index contributed by atoms with van der Waals surface area (Å²) in [6.45, 7) is 21.0. The number of benzene rings is 1. The topological polar surface area (TPSA) is 54.0 Å². The maximum absolute atomic E-state index is 12.2. The minimum Gasteiger partial charge on any atom is -0.544 e.